The van der Waals surface area contributed by atoms with Crippen molar-refractivity contribution in [3.05, 3.63) is 29.8 Å². The molecule has 0 aliphatic carbocycles. The van der Waals surface area contributed by atoms with E-state index in [1.807, 2.05) is 0 Å². The lowest BCUT2D eigenvalue weighted by molar-refractivity contribution is -0.443. The van der Waals surface area contributed by atoms with Gasteiger partial charge < -0.3 is 20.4 Å². The van der Waals surface area contributed by atoms with E-state index >= 15 is 0 Å². The van der Waals surface area contributed by atoms with Gasteiger partial charge in [0.25, 0.3) is 0 Å². The molecule has 16 heavy (non-hydrogen) atoms. The fourth-order valence-corrected chi connectivity index (χ4v) is 1.11. The Morgan fingerprint density at radius 1 is 1.38 bits per heavy atom. The van der Waals surface area contributed by atoms with Crippen LogP contribution < -0.4 is 15.6 Å². The van der Waals surface area contributed by atoms with Gasteiger partial charge >= 0.3 is 6.36 Å². The number of aliphatic carboxylic acids is 1. The van der Waals surface area contributed by atoms with E-state index < -0.39 is 24.1 Å². The van der Waals surface area contributed by atoms with Gasteiger partial charge in [-0.15, -0.1) is 13.2 Å². The van der Waals surface area contributed by atoms with Gasteiger partial charge in [0.15, 0.2) is 6.04 Å². The van der Waals surface area contributed by atoms with Crippen molar-refractivity contribution in [3.63, 3.8) is 0 Å². The molecule has 0 bridgehead atoms. The lowest BCUT2D eigenvalue weighted by Crippen LogP contribution is -2.61. The molecule has 1 atom stereocenters. The highest BCUT2D eigenvalue weighted by Gasteiger charge is 2.33. The molecular weight excluding hydrogens is 227 g/mol. The number of rotatable bonds is 3. The summed E-state index contributed by atoms with van der Waals surface area (Å²) in [7, 11) is 0. The largest absolute Gasteiger partial charge is 0.573 e. The normalized spacial score (nSPS) is 13.2. The summed E-state index contributed by atoms with van der Waals surface area (Å²) in [4.78, 5) is 10.5. The molecule has 1 rings (SSSR count). The number of alkyl halides is 3. The fourth-order valence-electron chi connectivity index (χ4n) is 1.11. The van der Waals surface area contributed by atoms with Crippen LogP contribution in [-0.2, 0) is 4.79 Å². The van der Waals surface area contributed by atoms with Crippen molar-refractivity contribution in [1.29, 1.82) is 0 Å². The van der Waals surface area contributed by atoms with Gasteiger partial charge in [0, 0.05) is 0 Å². The molecule has 0 spiro atoms. The molecule has 0 aliphatic rings. The van der Waals surface area contributed by atoms with Crippen molar-refractivity contribution < 1.29 is 33.5 Å². The van der Waals surface area contributed by atoms with Gasteiger partial charge in [-0.25, -0.2) is 0 Å². The van der Waals surface area contributed by atoms with E-state index in [-0.39, 0.29) is 5.56 Å². The molecule has 0 radical (unpaired) electrons. The second-order valence-corrected chi connectivity index (χ2v) is 2.96. The summed E-state index contributed by atoms with van der Waals surface area (Å²) in [6.07, 6.45) is -4.87. The molecule has 4 nitrogen and oxygen atoms in total. The Morgan fingerprint density at radius 2 is 1.94 bits per heavy atom. The van der Waals surface area contributed by atoms with E-state index in [4.69, 9.17) is 0 Å². The molecule has 0 unspecified atom stereocenters. The van der Waals surface area contributed by atoms with E-state index in [0.29, 0.717) is 0 Å². The van der Waals surface area contributed by atoms with Crippen molar-refractivity contribution in [2.24, 2.45) is 0 Å². The summed E-state index contributed by atoms with van der Waals surface area (Å²) in [6, 6.07) is 3.48. The van der Waals surface area contributed by atoms with Crippen molar-refractivity contribution in [2.75, 3.05) is 0 Å². The molecule has 0 amide bonds. The first-order valence-corrected chi connectivity index (χ1v) is 4.20. The number of carboxylic acids is 1. The predicted molar refractivity (Wildman–Crippen MR) is 43.8 cm³/mol. The Bertz CT molecular complexity index is 392. The van der Waals surface area contributed by atoms with Crippen LogP contribution in [0, 0.1) is 0 Å². The lowest BCUT2D eigenvalue weighted by atomic mass is 10.1. The number of halogens is 3. The molecule has 0 fully saturated rings. The smallest absolute Gasteiger partial charge is 0.544 e. The number of hydrogen-bond donors (Lipinski definition) is 1. The summed E-state index contributed by atoms with van der Waals surface area (Å²) in [5.74, 6) is -2.16. The van der Waals surface area contributed by atoms with Gasteiger partial charge in [0.2, 0.25) is 0 Å². The molecule has 1 aromatic carbocycles. The van der Waals surface area contributed by atoms with Gasteiger partial charge in [-0.3, -0.25) is 0 Å². The fraction of sp³-hybridized carbons (Fsp3) is 0.222. The van der Waals surface area contributed by atoms with Crippen LogP contribution in [0.3, 0.4) is 0 Å². The first-order chi connectivity index (χ1) is 7.31. The number of carbonyl (C=O) groups is 1. The minimum Gasteiger partial charge on any atom is -0.544 e. The summed E-state index contributed by atoms with van der Waals surface area (Å²) in [5.41, 5.74) is 3.01. The SMILES string of the molecule is [NH3+][C@@H](C(=O)[O-])c1ccccc1OC(F)(F)F. The number of hydrogen-bond acceptors (Lipinski definition) is 3. The minimum atomic E-state index is -4.87. The standard InChI is InChI=1S/C9H8F3NO3/c10-9(11,12)16-6-4-2-1-3-5(6)7(13)8(14)15/h1-4,7H,13H2,(H,14,15)/t7-/m1/s1. The van der Waals surface area contributed by atoms with Crippen LogP contribution >= 0.6 is 0 Å². The van der Waals surface area contributed by atoms with E-state index in [9.17, 15) is 23.1 Å². The maximum absolute atomic E-state index is 12.0. The molecule has 7 heteroatoms. The topological polar surface area (TPSA) is 77.0 Å². The molecule has 0 aliphatic heterocycles. The number of carboxylic acid groups (broad SMARTS) is 1. The Hall–Kier alpha value is -1.76. The minimum absolute atomic E-state index is 0.181. The quantitative estimate of drug-likeness (QED) is 0.775. The van der Waals surface area contributed by atoms with Gasteiger partial charge in [0.1, 0.15) is 11.7 Å². The summed E-state index contributed by atoms with van der Waals surface area (Å²) in [6.45, 7) is 0. The van der Waals surface area contributed by atoms with Gasteiger partial charge in [0.05, 0.1) is 5.56 Å². The van der Waals surface area contributed by atoms with Crippen LogP contribution in [0.2, 0.25) is 0 Å². The monoisotopic (exact) mass is 235 g/mol. The number of carbonyl (C=O) groups excluding carboxylic acids is 1. The summed E-state index contributed by atoms with van der Waals surface area (Å²) in [5, 5.41) is 10.5. The Labute approximate surface area is 88.4 Å². The zero-order valence-electron chi connectivity index (χ0n) is 7.95. The second kappa shape index (κ2) is 4.40. The lowest BCUT2D eigenvalue weighted by Gasteiger charge is -2.16. The van der Waals surface area contributed by atoms with E-state index in [0.717, 1.165) is 6.07 Å². The number of ether oxygens (including phenoxy) is 1. The molecule has 88 valence electrons. The van der Waals surface area contributed by atoms with Crippen LogP contribution in [0.25, 0.3) is 0 Å². The van der Waals surface area contributed by atoms with Crippen LogP contribution in [0.1, 0.15) is 11.6 Å². The summed E-state index contributed by atoms with van der Waals surface area (Å²) < 4.78 is 39.6. The maximum Gasteiger partial charge on any atom is 0.573 e. The van der Waals surface area contributed by atoms with Crippen molar-refractivity contribution in [1.82, 2.24) is 0 Å². The Balaban J connectivity index is 3.05. The van der Waals surface area contributed by atoms with Gasteiger partial charge in [-0.05, 0) is 12.1 Å². The Kier molecular flexibility index (Phi) is 3.38. The molecule has 0 saturated carbocycles. The molecule has 0 aromatic heterocycles. The zero-order chi connectivity index (χ0) is 12.3. The van der Waals surface area contributed by atoms with Crippen LogP contribution in [0.4, 0.5) is 13.2 Å². The Morgan fingerprint density at radius 3 is 2.44 bits per heavy atom. The maximum atomic E-state index is 12.0. The highest BCUT2D eigenvalue weighted by molar-refractivity contribution is 5.72. The molecule has 1 aromatic rings. The van der Waals surface area contributed by atoms with E-state index in [1.54, 1.807) is 0 Å². The number of benzene rings is 1. The van der Waals surface area contributed by atoms with Crippen molar-refractivity contribution in [3.8, 4) is 5.75 Å². The average Bonchev–Trinajstić information content (AvgIpc) is 2.15. The van der Waals surface area contributed by atoms with E-state index in [2.05, 4.69) is 10.5 Å². The first kappa shape index (κ1) is 12.3. The highest BCUT2D eigenvalue weighted by atomic mass is 19.4. The predicted octanol–water partition coefficient (Wildman–Crippen LogP) is -0.382. The molecule has 3 N–H and O–H groups in total. The van der Waals surface area contributed by atoms with Gasteiger partial charge in [-0.1, -0.05) is 12.1 Å². The van der Waals surface area contributed by atoms with E-state index in [1.165, 1.54) is 18.2 Å². The summed E-state index contributed by atoms with van der Waals surface area (Å²) >= 11 is 0. The molecule has 0 saturated heterocycles. The van der Waals surface area contributed by atoms with Crippen LogP contribution in [0.5, 0.6) is 5.75 Å². The van der Waals surface area contributed by atoms with Crippen LogP contribution in [-0.4, -0.2) is 12.3 Å². The third kappa shape index (κ3) is 3.13. The zero-order valence-corrected chi connectivity index (χ0v) is 7.95. The highest BCUT2D eigenvalue weighted by Crippen LogP contribution is 2.28. The van der Waals surface area contributed by atoms with Crippen LogP contribution in [0.15, 0.2) is 24.3 Å². The average molecular weight is 235 g/mol. The van der Waals surface area contributed by atoms with Gasteiger partial charge in [-0.2, -0.15) is 0 Å². The third-order valence-electron chi connectivity index (χ3n) is 1.80. The number of quaternary nitrogens is 1. The number of para-hydroxylation sites is 1. The third-order valence-corrected chi connectivity index (χ3v) is 1.80. The second-order valence-electron chi connectivity index (χ2n) is 2.96. The van der Waals surface area contributed by atoms with Crippen molar-refractivity contribution >= 4 is 5.97 Å². The van der Waals surface area contributed by atoms with Crippen molar-refractivity contribution in [2.45, 2.75) is 12.4 Å². The molecular formula is C9H8F3NO3. The molecule has 0 heterocycles. The first-order valence-electron chi connectivity index (χ1n) is 4.20.